The van der Waals surface area contributed by atoms with Gasteiger partial charge in [0.15, 0.2) is 0 Å². The number of nitrogens with zero attached hydrogens (tertiary/aromatic N) is 1. The Balaban J connectivity index is 1.50. The Morgan fingerprint density at radius 1 is 1.16 bits per heavy atom. The van der Waals surface area contributed by atoms with Crippen molar-refractivity contribution < 1.29 is 22.7 Å². The molecule has 1 heterocycles. The van der Waals surface area contributed by atoms with Gasteiger partial charge >= 0.3 is 6.36 Å². The van der Waals surface area contributed by atoms with E-state index in [-0.39, 0.29) is 23.3 Å². The van der Waals surface area contributed by atoms with Gasteiger partial charge in [-0.3, -0.25) is 9.89 Å². The zero-order valence-corrected chi connectivity index (χ0v) is 17.1. The SMILES string of the molecule is Cc1n[nH]c(C)c1-c1cccc2c1C[C@H](NC(=O)c1ccc(OC(F)(F)F)cc1)CC2. The standard InChI is InChI=1S/C23H22F3N3O2/c1-13-21(14(2)29-28-13)19-5-3-4-15-6-9-17(12-20(15)19)27-22(30)16-7-10-18(11-8-16)31-23(24,25)26/h3-5,7-8,10-11,17H,6,9,12H2,1-2H3,(H,27,30)(H,28,29)/t17-/m1/s1. The van der Waals surface area contributed by atoms with Crippen LogP contribution >= 0.6 is 0 Å². The highest BCUT2D eigenvalue weighted by Crippen LogP contribution is 2.34. The molecular formula is C23H22F3N3O2. The summed E-state index contributed by atoms with van der Waals surface area (Å²) in [5.74, 6) is -0.675. The number of halogens is 3. The second kappa shape index (κ2) is 8.09. The molecule has 5 nitrogen and oxygen atoms in total. The van der Waals surface area contributed by atoms with Crippen LogP contribution in [-0.4, -0.2) is 28.5 Å². The molecule has 0 aliphatic heterocycles. The van der Waals surface area contributed by atoms with Crippen LogP contribution in [0.3, 0.4) is 0 Å². The molecule has 0 saturated heterocycles. The molecule has 31 heavy (non-hydrogen) atoms. The van der Waals surface area contributed by atoms with E-state index < -0.39 is 6.36 Å². The van der Waals surface area contributed by atoms with Gasteiger partial charge < -0.3 is 10.1 Å². The van der Waals surface area contributed by atoms with Crippen LogP contribution in [-0.2, 0) is 12.8 Å². The first-order chi connectivity index (χ1) is 14.7. The molecule has 1 amide bonds. The molecule has 1 aliphatic carbocycles. The average Bonchev–Trinajstić information content (AvgIpc) is 3.05. The van der Waals surface area contributed by atoms with Gasteiger partial charge in [-0.2, -0.15) is 5.10 Å². The summed E-state index contributed by atoms with van der Waals surface area (Å²) in [5, 5.41) is 10.3. The molecule has 0 bridgehead atoms. The number of hydrogen-bond donors (Lipinski definition) is 2. The summed E-state index contributed by atoms with van der Waals surface area (Å²) in [6, 6.07) is 11.1. The molecule has 0 unspecified atom stereocenters. The van der Waals surface area contributed by atoms with Crippen molar-refractivity contribution in [2.45, 2.75) is 45.5 Å². The van der Waals surface area contributed by atoms with Gasteiger partial charge in [0.1, 0.15) is 5.75 Å². The number of aryl methyl sites for hydroxylation is 3. The third-order valence-corrected chi connectivity index (χ3v) is 5.57. The van der Waals surface area contributed by atoms with Crippen molar-refractivity contribution in [1.29, 1.82) is 0 Å². The number of ether oxygens (including phenoxy) is 1. The van der Waals surface area contributed by atoms with Crippen molar-refractivity contribution in [3.8, 4) is 16.9 Å². The van der Waals surface area contributed by atoms with Crippen LogP contribution in [0.2, 0.25) is 0 Å². The molecule has 0 radical (unpaired) electrons. The molecule has 3 aromatic rings. The summed E-state index contributed by atoms with van der Waals surface area (Å²) in [6.45, 7) is 3.95. The fourth-order valence-corrected chi connectivity index (χ4v) is 4.17. The van der Waals surface area contributed by atoms with E-state index in [9.17, 15) is 18.0 Å². The minimum atomic E-state index is -4.76. The molecule has 4 rings (SSSR count). The van der Waals surface area contributed by atoms with Gasteiger partial charge in [0.25, 0.3) is 5.91 Å². The molecule has 0 fully saturated rings. The fraction of sp³-hybridized carbons (Fsp3) is 0.304. The summed E-state index contributed by atoms with van der Waals surface area (Å²) in [5.41, 5.74) is 6.88. The van der Waals surface area contributed by atoms with E-state index in [0.29, 0.717) is 6.42 Å². The number of aromatic nitrogens is 2. The topological polar surface area (TPSA) is 67.0 Å². The van der Waals surface area contributed by atoms with Gasteiger partial charge in [0.05, 0.1) is 5.69 Å². The van der Waals surface area contributed by atoms with Gasteiger partial charge in [-0.25, -0.2) is 0 Å². The number of carbonyl (C=O) groups is 1. The van der Waals surface area contributed by atoms with E-state index in [2.05, 4.69) is 32.4 Å². The van der Waals surface area contributed by atoms with E-state index in [1.54, 1.807) is 0 Å². The van der Waals surface area contributed by atoms with Crippen LogP contribution in [0.15, 0.2) is 42.5 Å². The number of benzene rings is 2. The Kier molecular flexibility index (Phi) is 5.47. The molecule has 2 N–H and O–H groups in total. The third-order valence-electron chi connectivity index (χ3n) is 5.57. The number of alkyl halides is 3. The molecule has 8 heteroatoms. The maximum Gasteiger partial charge on any atom is 0.573 e. The first kappa shape index (κ1) is 21.0. The first-order valence-electron chi connectivity index (χ1n) is 10.0. The Morgan fingerprint density at radius 2 is 1.90 bits per heavy atom. The highest BCUT2D eigenvalue weighted by molar-refractivity contribution is 5.94. The van der Waals surface area contributed by atoms with Crippen molar-refractivity contribution in [3.05, 3.63) is 70.5 Å². The molecule has 0 spiro atoms. The first-order valence-corrected chi connectivity index (χ1v) is 10.0. The van der Waals surface area contributed by atoms with Crippen molar-refractivity contribution >= 4 is 5.91 Å². The lowest BCUT2D eigenvalue weighted by Gasteiger charge is -2.27. The van der Waals surface area contributed by atoms with Gasteiger partial charge in [-0.1, -0.05) is 18.2 Å². The minimum Gasteiger partial charge on any atom is -0.406 e. The van der Waals surface area contributed by atoms with Crippen molar-refractivity contribution in [1.82, 2.24) is 15.5 Å². The Labute approximate surface area is 177 Å². The lowest BCUT2D eigenvalue weighted by molar-refractivity contribution is -0.274. The van der Waals surface area contributed by atoms with Crippen molar-refractivity contribution in [2.75, 3.05) is 0 Å². The highest BCUT2D eigenvalue weighted by Gasteiger charge is 2.31. The zero-order chi connectivity index (χ0) is 22.2. The number of carbonyl (C=O) groups excluding carboxylic acids is 1. The van der Waals surface area contributed by atoms with Gasteiger partial charge in [0, 0.05) is 22.9 Å². The lowest BCUT2D eigenvalue weighted by atomic mass is 9.83. The normalized spacial score (nSPS) is 16.0. The lowest BCUT2D eigenvalue weighted by Crippen LogP contribution is -2.39. The smallest absolute Gasteiger partial charge is 0.406 e. The summed E-state index contributed by atoms with van der Waals surface area (Å²) >= 11 is 0. The predicted octanol–water partition coefficient (Wildman–Crippen LogP) is 4.88. The van der Waals surface area contributed by atoms with Crippen LogP contribution in [0, 0.1) is 13.8 Å². The Hall–Kier alpha value is -3.29. The Bertz CT molecular complexity index is 1080. The van der Waals surface area contributed by atoms with Crippen molar-refractivity contribution in [3.63, 3.8) is 0 Å². The van der Waals surface area contributed by atoms with E-state index in [0.717, 1.165) is 47.5 Å². The largest absolute Gasteiger partial charge is 0.573 e. The summed E-state index contributed by atoms with van der Waals surface area (Å²) in [7, 11) is 0. The number of aromatic amines is 1. The number of H-pyrrole nitrogens is 1. The molecule has 1 aromatic heterocycles. The van der Waals surface area contributed by atoms with Crippen LogP contribution < -0.4 is 10.1 Å². The van der Waals surface area contributed by atoms with Crippen LogP contribution in [0.4, 0.5) is 13.2 Å². The number of nitrogens with one attached hydrogen (secondary N) is 2. The maximum atomic E-state index is 12.7. The third kappa shape index (κ3) is 4.57. The highest BCUT2D eigenvalue weighted by atomic mass is 19.4. The monoisotopic (exact) mass is 429 g/mol. The number of fused-ring (bicyclic) bond motifs is 1. The summed E-state index contributed by atoms with van der Waals surface area (Å²) in [4.78, 5) is 12.7. The van der Waals surface area contributed by atoms with Gasteiger partial charge in [-0.15, -0.1) is 13.2 Å². The average molecular weight is 429 g/mol. The van der Waals surface area contributed by atoms with Crippen molar-refractivity contribution in [2.24, 2.45) is 0 Å². The summed E-state index contributed by atoms with van der Waals surface area (Å²) < 4.78 is 40.8. The van der Waals surface area contributed by atoms with Gasteiger partial charge in [-0.05, 0) is 74.1 Å². The van der Waals surface area contributed by atoms with E-state index in [4.69, 9.17) is 0 Å². The predicted molar refractivity (Wildman–Crippen MR) is 110 cm³/mol. The number of rotatable bonds is 4. The molecule has 0 saturated carbocycles. The van der Waals surface area contributed by atoms with Crippen LogP contribution in [0.1, 0.15) is 39.3 Å². The van der Waals surface area contributed by atoms with E-state index >= 15 is 0 Å². The van der Waals surface area contributed by atoms with E-state index in [1.807, 2.05) is 19.9 Å². The Morgan fingerprint density at radius 3 is 2.55 bits per heavy atom. The number of amides is 1. The molecular weight excluding hydrogens is 407 g/mol. The van der Waals surface area contributed by atoms with E-state index in [1.165, 1.54) is 23.3 Å². The molecule has 1 atom stereocenters. The van der Waals surface area contributed by atoms with Crippen LogP contribution in [0.25, 0.3) is 11.1 Å². The second-order valence-corrected chi connectivity index (χ2v) is 7.74. The summed E-state index contributed by atoms with van der Waals surface area (Å²) in [6.07, 6.45) is -2.46. The quantitative estimate of drug-likeness (QED) is 0.621. The molecule has 162 valence electrons. The molecule has 2 aromatic carbocycles. The maximum absolute atomic E-state index is 12.7. The van der Waals surface area contributed by atoms with Crippen LogP contribution in [0.5, 0.6) is 5.75 Å². The molecule has 1 aliphatic rings. The second-order valence-electron chi connectivity index (χ2n) is 7.74. The minimum absolute atomic E-state index is 0.0697. The zero-order valence-electron chi connectivity index (χ0n) is 17.1. The fourth-order valence-electron chi connectivity index (χ4n) is 4.17. The number of hydrogen-bond acceptors (Lipinski definition) is 3. The van der Waals surface area contributed by atoms with Gasteiger partial charge in [0.2, 0.25) is 0 Å².